The average molecular weight is 820 g/mol. The van der Waals surface area contributed by atoms with Gasteiger partial charge in [-0.15, -0.1) is 0 Å². The summed E-state index contributed by atoms with van der Waals surface area (Å²) in [6.07, 6.45) is 59.6. The third-order valence-corrected chi connectivity index (χ3v) is 12.6. The number of amides is 1. The van der Waals surface area contributed by atoms with Crippen molar-refractivity contribution in [3.8, 4) is 0 Å². The Hall–Kier alpha value is -0.910. The van der Waals surface area contributed by atoms with Gasteiger partial charge in [0.2, 0.25) is 5.91 Å². The second-order valence-corrected chi connectivity index (χ2v) is 18.4. The zero-order valence-corrected chi connectivity index (χ0v) is 39.5. The first kappa shape index (κ1) is 57.1. The van der Waals surface area contributed by atoms with Crippen molar-refractivity contribution in [2.75, 3.05) is 6.61 Å². The smallest absolute Gasteiger partial charge is 0.249 e. The molecule has 3 unspecified atom stereocenters. The van der Waals surface area contributed by atoms with Gasteiger partial charge < -0.3 is 20.6 Å². The van der Waals surface area contributed by atoms with E-state index in [4.69, 9.17) is 0 Å². The van der Waals surface area contributed by atoms with Gasteiger partial charge in [-0.1, -0.05) is 270 Å². The minimum absolute atomic E-state index is 0.312. The summed E-state index contributed by atoms with van der Waals surface area (Å²) >= 11 is 0. The highest BCUT2D eigenvalue weighted by Crippen LogP contribution is 2.18. The molecular weight excluding hydrogens is 715 g/mol. The summed E-state index contributed by atoms with van der Waals surface area (Å²) in [6, 6.07) is -0.712. The molecule has 0 aliphatic rings. The van der Waals surface area contributed by atoms with Gasteiger partial charge >= 0.3 is 0 Å². The summed E-state index contributed by atoms with van der Waals surface area (Å²) in [5.41, 5.74) is 0. The molecule has 0 bridgehead atoms. The Kier molecular flexibility index (Phi) is 48.0. The molecule has 5 heteroatoms. The first-order valence-electron chi connectivity index (χ1n) is 26.5. The Balaban J connectivity index is 3.54. The summed E-state index contributed by atoms with van der Waals surface area (Å²) in [7, 11) is 0. The standard InChI is InChI=1S/C53H105NO4/c1-3-5-7-9-11-13-15-17-19-21-23-24-25-26-27-28-30-31-33-35-37-39-41-43-45-47-51(56)50(49-55)54-53(58)52(57)48-46-44-42-40-38-36-34-32-29-22-20-18-16-14-12-10-8-6-4-2/h29,32,50-52,55-57H,3-28,30-31,33-49H2,1-2H3,(H,54,58)/b32-29-. The molecule has 0 aliphatic heterocycles. The second kappa shape index (κ2) is 48.8. The zero-order chi connectivity index (χ0) is 42.3. The van der Waals surface area contributed by atoms with Crippen LogP contribution >= 0.6 is 0 Å². The Morgan fingerprint density at radius 2 is 0.655 bits per heavy atom. The predicted octanol–water partition coefficient (Wildman–Crippen LogP) is 15.9. The summed E-state index contributed by atoms with van der Waals surface area (Å²) in [4.78, 5) is 12.5. The molecule has 0 spiro atoms. The number of hydrogen-bond acceptors (Lipinski definition) is 4. The molecule has 0 rings (SSSR count). The molecule has 1 amide bonds. The monoisotopic (exact) mass is 820 g/mol. The van der Waals surface area contributed by atoms with Crippen LogP contribution < -0.4 is 5.32 Å². The van der Waals surface area contributed by atoms with Crippen LogP contribution in [0.1, 0.15) is 296 Å². The molecule has 0 aromatic carbocycles. The van der Waals surface area contributed by atoms with Crippen molar-refractivity contribution < 1.29 is 20.1 Å². The van der Waals surface area contributed by atoms with Crippen molar-refractivity contribution in [2.45, 2.75) is 315 Å². The van der Waals surface area contributed by atoms with Gasteiger partial charge in [-0.05, 0) is 38.5 Å². The van der Waals surface area contributed by atoms with Crippen molar-refractivity contribution in [2.24, 2.45) is 0 Å². The van der Waals surface area contributed by atoms with Gasteiger partial charge in [0.1, 0.15) is 6.10 Å². The highest BCUT2D eigenvalue weighted by molar-refractivity contribution is 5.80. The van der Waals surface area contributed by atoms with Crippen LogP contribution in [0.15, 0.2) is 12.2 Å². The Bertz CT molecular complexity index is 818. The van der Waals surface area contributed by atoms with Crippen LogP contribution in [0.25, 0.3) is 0 Å². The van der Waals surface area contributed by atoms with E-state index in [0.29, 0.717) is 12.8 Å². The molecule has 0 aliphatic carbocycles. The first-order valence-corrected chi connectivity index (χ1v) is 26.5. The molecule has 0 radical (unpaired) electrons. The van der Waals surface area contributed by atoms with Gasteiger partial charge in [-0.25, -0.2) is 0 Å². The molecule has 58 heavy (non-hydrogen) atoms. The third kappa shape index (κ3) is 43.2. The molecule has 0 saturated heterocycles. The number of aliphatic hydroxyl groups excluding tert-OH is 3. The van der Waals surface area contributed by atoms with Crippen LogP contribution in [-0.2, 0) is 4.79 Å². The Labute approximate surface area is 363 Å². The van der Waals surface area contributed by atoms with Crippen molar-refractivity contribution in [1.82, 2.24) is 5.32 Å². The maximum atomic E-state index is 12.5. The molecule has 346 valence electrons. The molecule has 4 N–H and O–H groups in total. The summed E-state index contributed by atoms with van der Waals surface area (Å²) in [5.74, 6) is -0.470. The van der Waals surface area contributed by atoms with Crippen LogP contribution in [0.2, 0.25) is 0 Å². The molecule has 0 heterocycles. The lowest BCUT2D eigenvalue weighted by molar-refractivity contribution is -0.131. The number of carbonyl (C=O) groups excluding carboxylic acids is 1. The van der Waals surface area contributed by atoms with Crippen molar-refractivity contribution in [3.05, 3.63) is 12.2 Å². The lowest BCUT2D eigenvalue weighted by atomic mass is 10.0. The van der Waals surface area contributed by atoms with Gasteiger partial charge in [0, 0.05) is 0 Å². The summed E-state index contributed by atoms with van der Waals surface area (Å²) < 4.78 is 0. The van der Waals surface area contributed by atoms with Gasteiger partial charge in [-0.2, -0.15) is 0 Å². The number of nitrogens with one attached hydrogen (secondary N) is 1. The maximum absolute atomic E-state index is 12.5. The van der Waals surface area contributed by atoms with E-state index in [1.54, 1.807) is 0 Å². The van der Waals surface area contributed by atoms with Gasteiger partial charge in [0.15, 0.2) is 0 Å². The lowest BCUT2D eigenvalue weighted by Crippen LogP contribution is -2.49. The van der Waals surface area contributed by atoms with Crippen molar-refractivity contribution in [3.63, 3.8) is 0 Å². The summed E-state index contributed by atoms with van der Waals surface area (Å²) in [5, 5.41) is 33.5. The largest absolute Gasteiger partial charge is 0.394 e. The van der Waals surface area contributed by atoms with Crippen LogP contribution in [0.4, 0.5) is 0 Å². The van der Waals surface area contributed by atoms with E-state index in [9.17, 15) is 20.1 Å². The number of carbonyl (C=O) groups is 1. The minimum atomic E-state index is -1.08. The first-order chi connectivity index (χ1) is 28.6. The maximum Gasteiger partial charge on any atom is 0.249 e. The number of hydrogen-bond donors (Lipinski definition) is 4. The third-order valence-electron chi connectivity index (χ3n) is 12.6. The molecule has 0 fully saturated rings. The topological polar surface area (TPSA) is 89.8 Å². The Morgan fingerprint density at radius 1 is 0.397 bits per heavy atom. The predicted molar refractivity (Wildman–Crippen MR) is 255 cm³/mol. The van der Waals surface area contributed by atoms with E-state index in [0.717, 1.165) is 32.1 Å². The van der Waals surface area contributed by atoms with Crippen LogP contribution in [0.3, 0.4) is 0 Å². The molecule has 3 atom stereocenters. The lowest BCUT2D eigenvalue weighted by Gasteiger charge is -2.23. The SMILES string of the molecule is CCCCCCCCCCC/C=C\CCCCCCCCC(O)C(=O)NC(CO)C(O)CCCCCCCCCCCCCCCCCCCCCCCCCCC. The molecule has 0 saturated carbocycles. The number of allylic oxidation sites excluding steroid dienone is 2. The van der Waals surface area contributed by atoms with Crippen LogP contribution in [0.5, 0.6) is 0 Å². The van der Waals surface area contributed by atoms with Gasteiger partial charge in [-0.3, -0.25) is 4.79 Å². The molecular formula is C53H105NO4. The van der Waals surface area contributed by atoms with Crippen LogP contribution in [0, 0.1) is 0 Å². The molecule has 0 aromatic rings. The van der Waals surface area contributed by atoms with E-state index >= 15 is 0 Å². The quantitative estimate of drug-likeness (QED) is 0.0364. The van der Waals surface area contributed by atoms with E-state index in [1.165, 1.54) is 238 Å². The number of rotatable bonds is 49. The van der Waals surface area contributed by atoms with Crippen molar-refractivity contribution >= 4 is 5.91 Å². The number of unbranched alkanes of at least 4 members (excludes halogenated alkanes) is 39. The number of aliphatic hydroxyl groups is 3. The molecule has 5 nitrogen and oxygen atoms in total. The Morgan fingerprint density at radius 3 is 0.948 bits per heavy atom. The van der Waals surface area contributed by atoms with Gasteiger partial charge in [0.25, 0.3) is 0 Å². The zero-order valence-electron chi connectivity index (χ0n) is 39.5. The average Bonchev–Trinajstić information content (AvgIpc) is 3.23. The van der Waals surface area contributed by atoms with Gasteiger partial charge in [0.05, 0.1) is 18.8 Å². The second-order valence-electron chi connectivity index (χ2n) is 18.4. The van der Waals surface area contributed by atoms with E-state index in [1.807, 2.05) is 0 Å². The minimum Gasteiger partial charge on any atom is -0.394 e. The van der Waals surface area contributed by atoms with Crippen LogP contribution in [-0.4, -0.2) is 46.1 Å². The van der Waals surface area contributed by atoms with Crippen molar-refractivity contribution in [1.29, 1.82) is 0 Å². The van der Waals surface area contributed by atoms with E-state index < -0.39 is 24.2 Å². The fourth-order valence-electron chi connectivity index (χ4n) is 8.48. The fraction of sp³-hybridized carbons (Fsp3) is 0.943. The fourth-order valence-corrected chi connectivity index (χ4v) is 8.48. The highest BCUT2D eigenvalue weighted by Gasteiger charge is 2.23. The van der Waals surface area contributed by atoms with E-state index in [2.05, 4.69) is 31.3 Å². The summed E-state index contributed by atoms with van der Waals surface area (Å²) in [6.45, 7) is 4.26. The molecule has 0 aromatic heterocycles. The van der Waals surface area contributed by atoms with E-state index in [-0.39, 0.29) is 6.61 Å². The normalized spacial score (nSPS) is 13.4. The highest BCUT2D eigenvalue weighted by atomic mass is 16.3.